The van der Waals surface area contributed by atoms with Gasteiger partial charge < -0.3 is 10.0 Å². The molecule has 1 aromatic carbocycles. The number of likely N-dealkylation sites (tertiary alicyclic amines) is 1. The van der Waals surface area contributed by atoms with E-state index in [-0.39, 0.29) is 17.7 Å². The van der Waals surface area contributed by atoms with Crippen LogP contribution >= 0.6 is 11.3 Å². The number of nitrogens with zero attached hydrogens (tertiary/aromatic N) is 3. The molecule has 7 heteroatoms. The first-order chi connectivity index (χ1) is 12.0. The molecule has 4 rings (SSSR count). The quantitative estimate of drug-likeness (QED) is 0.753. The second-order valence-electron chi connectivity index (χ2n) is 7.24. The van der Waals surface area contributed by atoms with Crippen LogP contribution in [0.15, 0.2) is 30.6 Å². The highest BCUT2D eigenvalue weighted by Crippen LogP contribution is 2.35. The predicted molar refractivity (Wildman–Crippen MR) is 94.4 cm³/mol. The van der Waals surface area contributed by atoms with Gasteiger partial charge in [-0.15, -0.1) is 0 Å². The van der Waals surface area contributed by atoms with Crippen LogP contribution in [-0.2, 0) is 0 Å². The Morgan fingerprint density at radius 1 is 1.24 bits per heavy atom. The summed E-state index contributed by atoms with van der Waals surface area (Å²) in [6.07, 6.45) is 2.67. The average Bonchev–Trinajstić information content (AvgIpc) is 3.13. The number of nitrogens with one attached hydrogen (secondary N) is 1. The molecule has 1 saturated heterocycles. The molecule has 2 N–H and O–H groups in total. The molecule has 0 bridgehead atoms. The summed E-state index contributed by atoms with van der Waals surface area (Å²) in [6, 6.07) is 6.59. The second-order valence-corrected chi connectivity index (χ2v) is 8.25. The maximum Gasteiger partial charge on any atom is 0.235 e. The lowest BCUT2D eigenvalue weighted by Crippen LogP contribution is -3.14. The minimum Gasteiger partial charge on any atom is -0.492 e. The van der Waals surface area contributed by atoms with Crippen molar-refractivity contribution < 1.29 is 14.4 Å². The van der Waals surface area contributed by atoms with Crippen molar-refractivity contribution in [2.24, 2.45) is 11.8 Å². The lowest BCUT2D eigenvalue weighted by atomic mass is 9.89. The SMILES string of the molecule is C[C@H]1C[C@H](C)C[NH+]([C@@H](c2ccc(F)cc2)c2sc3ncnn3c2O)C1. The lowest BCUT2D eigenvalue weighted by molar-refractivity contribution is -0.936. The van der Waals surface area contributed by atoms with Crippen molar-refractivity contribution in [1.29, 1.82) is 0 Å². The Labute approximate surface area is 149 Å². The van der Waals surface area contributed by atoms with Crippen LogP contribution in [0.2, 0.25) is 0 Å². The van der Waals surface area contributed by atoms with E-state index in [0.717, 1.165) is 23.5 Å². The molecule has 2 aromatic heterocycles. The lowest BCUT2D eigenvalue weighted by Gasteiger charge is -2.37. The van der Waals surface area contributed by atoms with E-state index in [0.29, 0.717) is 16.8 Å². The van der Waals surface area contributed by atoms with E-state index in [4.69, 9.17) is 0 Å². The number of quaternary nitrogens is 1. The summed E-state index contributed by atoms with van der Waals surface area (Å²) in [4.78, 5) is 7.13. The van der Waals surface area contributed by atoms with Crippen LogP contribution in [0.1, 0.15) is 36.8 Å². The third-order valence-corrected chi connectivity index (χ3v) is 6.14. The van der Waals surface area contributed by atoms with Gasteiger partial charge in [0.2, 0.25) is 10.8 Å². The van der Waals surface area contributed by atoms with Crippen LogP contribution in [0.4, 0.5) is 4.39 Å². The van der Waals surface area contributed by atoms with Gasteiger partial charge in [-0.1, -0.05) is 25.2 Å². The minimum atomic E-state index is -0.246. The van der Waals surface area contributed by atoms with Gasteiger partial charge >= 0.3 is 0 Å². The van der Waals surface area contributed by atoms with Crippen molar-refractivity contribution in [3.05, 3.63) is 46.9 Å². The molecule has 3 aromatic rings. The standard InChI is InChI=1S/C18H21FN4OS/c1-11-7-12(2)9-22(8-11)15(13-3-5-14(19)6-4-13)16-17(24)23-18(25-16)20-10-21-23/h3-6,10-12,15,24H,7-9H2,1-2H3/p+1/t11-,12-,15-/m0/s1. The van der Waals surface area contributed by atoms with Crippen molar-refractivity contribution in [3.63, 3.8) is 0 Å². The van der Waals surface area contributed by atoms with E-state index in [1.165, 1.54) is 45.6 Å². The van der Waals surface area contributed by atoms with Crippen LogP contribution in [-0.4, -0.2) is 32.8 Å². The third kappa shape index (κ3) is 3.02. The fourth-order valence-corrected chi connectivity index (χ4v) is 5.29. The topological polar surface area (TPSA) is 54.9 Å². The fraction of sp³-hybridized carbons (Fsp3) is 0.444. The molecule has 0 radical (unpaired) electrons. The van der Waals surface area contributed by atoms with E-state index < -0.39 is 0 Å². The van der Waals surface area contributed by atoms with Crippen LogP contribution in [0.3, 0.4) is 0 Å². The zero-order valence-electron chi connectivity index (χ0n) is 14.3. The molecular weight excluding hydrogens is 339 g/mol. The highest BCUT2D eigenvalue weighted by Gasteiger charge is 2.36. The van der Waals surface area contributed by atoms with Gasteiger partial charge in [0.05, 0.1) is 13.1 Å². The number of halogens is 1. The van der Waals surface area contributed by atoms with Crippen molar-refractivity contribution in [3.8, 4) is 5.88 Å². The first kappa shape index (κ1) is 16.5. The Balaban J connectivity index is 1.81. The number of fused-ring (bicyclic) bond motifs is 1. The van der Waals surface area contributed by atoms with Crippen LogP contribution in [0.5, 0.6) is 5.88 Å². The van der Waals surface area contributed by atoms with Gasteiger partial charge in [-0.25, -0.2) is 9.37 Å². The Morgan fingerprint density at radius 2 is 1.92 bits per heavy atom. The van der Waals surface area contributed by atoms with E-state index in [1.54, 1.807) is 0 Å². The van der Waals surface area contributed by atoms with Crippen LogP contribution in [0, 0.1) is 17.7 Å². The average molecular weight is 361 g/mol. The van der Waals surface area contributed by atoms with Crippen molar-refractivity contribution in [2.75, 3.05) is 13.1 Å². The zero-order chi connectivity index (χ0) is 17.6. The molecule has 0 spiro atoms. The summed E-state index contributed by atoms with van der Waals surface area (Å²) in [6.45, 7) is 6.61. The van der Waals surface area contributed by atoms with Gasteiger partial charge in [0.25, 0.3) is 0 Å². The maximum atomic E-state index is 13.4. The molecular formula is C18H22FN4OS+. The molecule has 1 aliphatic heterocycles. The number of piperidine rings is 1. The predicted octanol–water partition coefficient (Wildman–Crippen LogP) is 2.29. The largest absolute Gasteiger partial charge is 0.492 e. The van der Waals surface area contributed by atoms with E-state index in [1.807, 2.05) is 12.1 Å². The van der Waals surface area contributed by atoms with Gasteiger partial charge in [-0.05, 0) is 30.7 Å². The summed E-state index contributed by atoms with van der Waals surface area (Å²) >= 11 is 1.46. The van der Waals surface area contributed by atoms with Gasteiger partial charge in [0, 0.05) is 17.4 Å². The first-order valence-corrected chi connectivity index (χ1v) is 9.46. The summed E-state index contributed by atoms with van der Waals surface area (Å²) in [5, 5.41) is 14.8. The number of rotatable bonds is 3. The van der Waals surface area contributed by atoms with Crippen molar-refractivity contribution in [1.82, 2.24) is 14.6 Å². The van der Waals surface area contributed by atoms with Crippen molar-refractivity contribution in [2.45, 2.75) is 26.3 Å². The van der Waals surface area contributed by atoms with Gasteiger partial charge in [-0.3, -0.25) is 0 Å². The minimum absolute atomic E-state index is 0.0423. The number of aromatic hydroxyl groups is 1. The Kier molecular flexibility index (Phi) is 4.21. The Hall–Kier alpha value is -1.99. The molecule has 5 nitrogen and oxygen atoms in total. The molecule has 0 aliphatic carbocycles. The summed E-state index contributed by atoms with van der Waals surface area (Å²) in [7, 11) is 0. The summed E-state index contributed by atoms with van der Waals surface area (Å²) in [5.74, 6) is 1.13. The third-order valence-electron chi connectivity index (χ3n) is 5.04. The molecule has 3 atom stereocenters. The second kappa shape index (κ2) is 6.38. The van der Waals surface area contributed by atoms with Crippen LogP contribution < -0.4 is 4.90 Å². The monoisotopic (exact) mass is 361 g/mol. The highest BCUT2D eigenvalue weighted by molar-refractivity contribution is 7.17. The number of thiazole rings is 1. The molecule has 0 saturated carbocycles. The van der Waals surface area contributed by atoms with E-state index in [9.17, 15) is 9.50 Å². The number of benzene rings is 1. The summed E-state index contributed by atoms with van der Waals surface area (Å²) in [5.41, 5.74) is 1.01. The smallest absolute Gasteiger partial charge is 0.235 e. The highest BCUT2D eigenvalue weighted by atomic mass is 32.1. The molecule has 1 fully saturated rings. The van der Waals surface area contributed by atoms with Crippen LogP contribution in [0.25, 0.3) is 4.96 Å². The zero-order valence-corrected chi connectivity index (χ0v) is 15.1. The Morgan fingerprint density at radius 3 is 2.56 bits per heavy atom. The number of hydrogen-bond donors (Lipinski definition) is 2. The van der Waals surface area contributed by atoms with E-state index in [2.05, 4.69) is 23.9 Å². The van der Waals surface area contributed by atoms with Gasteiger partial charge in [0.1, 0.15) is 17.0 Å². The molecule has 3 heterocycles. The summed E-state index contributed by atoms with van der Waals surface area (Å²) < 4.78 is 14.9. The van der Waals surface area contributed by atoms with Gasteiger partial charge in [0.15, 0.2) is 6.04 Å². The maximum absolute atomic E-state index is 13.4. The molecule has 0 unspecified atom stereocenters. The molecule has 1 aliphatic rings. The normalized spacial score (nSPS) is 25.3. The molecule has 25 heavy (non-hydrogen) atoms. The Bertz CT molecular complexity index is 865. The molecule has 132 valence electrons. The van der Waals surface area contributed by atoms with E-state index >= 15 is 0 Å². The first-order valence-electron chi connectivity index (χ1n) is 8.64. The van der Waals surface area contributed by atoms with Crippen molar-refractivity contribution >= 4 is 16.3 Å². The van der Waals surface area contributed by atoms with Gasteiger partial charge in [-0.2, -0.15) is 9.61 Å². The molecule has 0 amide bonds. The number of hydrogen-bond acceptors (Lipinski definition) is 4. The number of aromatic nitrogens is 3. The fourth-order valence-electron chi connectivity index (χ4n) is 4.18.